The van der Waals surface area contributed by atoms with Gasteiger partial charge in [0.1, 0.15) is 0 Å². The molecule has 0 saturated carbocycles. The van der Waals surface area contributed by atoms with Crippen LogP contribution in [0.1, 0.15) is 0 Å². The number of rotatable bonds is 5. The second-order valence-electron chi connectivity index (χ2n) is 3.86. The van der Waals surface area contributed by atoms with E-state index in [4.69, 9.17) is 5.73 Å². The van der Waals surface area contributed by atoms with E-state index in [1.165, 1.54) is 6.07 Å². The van der Waals surface area contributed by atoms with Gasteiger partial charge >= 0.3 is 5.51 Å². The van der Waals surface area contributed by atoms with Crippen molar-refractivity contribution in [3.8, 4) is 0 Å². The van der Waals surface area contributed by atoms with Crippen molar-refractivity contribution in [3.63, 3.8) is 0 Å². The number of hydrogen-bond donors (Lipinski definition) is 2. The second-order valence-corrected chi connectivity index (χ2v) is 5.77. The lowest BCUT2D eigenvalue weighted by molar-refractivity contribution is -0.0435. The lowest BCUT2D eigenvalue weighted by atomic mass is 10.3. The summed E-state index contributed by atoms with van der Waals surface area (Å²) in [5.74, 6) is -3.37. The molecule has 1 rings (SSSR count). The van der Waals surface area contributed by atoms with Crippen LogP contribution in [0.15, 0.2) is 29.2 Å². The summed E-state index contributed by atoms with van der Waals surface area (Å²) in [6.45, 7) is -2.10. The molecule has 3 N–H and O–H groups in total. The van der Waals surface area contributed by atoms with E-state index in [9.17, 15) is 30.4 Å². The SMILES string of the molecule is NCC(F)(F)CNc1ccccc1S(=O)(=O)C(F)(F)F. The number of para-hydroxylation sites is 1. The Morgan fingerprint density at radius 1 is 1.10 bits per heavy atom. The first-order valence-corrected chi connectivity index (χ1v) is 6.72. The zero-order valence-corrected chi connectivity index (χ0v) is 10.7. The lowest BCUT2D eigenvalue weighted by Crippen LogP contribution is -2.35. The van der Waals surface area contributed by atoms with Crippen LogP contribution in [-0.2, 0) is 9.84 Å². The van der Waals surface area contributed by atoms with Gasteiger partial charge in [-0.15, -0.1) is 0 Å². The van der Waals surface area contributed by atoms with E-state index in [-0.39, 0.29) is 0 Å². The molecule has 4 nitrogen and oxygen atoms in total. The highest BCUT2D eigenvalue weighted by Gasteiger charge is 2.48. The molecule has 114 valence electrons. The minimum absolute atomic E-state index is 0.557. The van der Waals surface area contributed by atoms with Gasteiger partial charge in [-0.2, -0.15) is 13.2 Å². The number of nitrogens with two attached hydrogens (primary N) is 1. The molecule has 0 atom stereocenters. The minimum atomic E-state index is -5.62. The van der Waals surface area contributed by atoms with Crippen LogP contribution in [0.25, 0.3) is 0 Å². The molecule has 0 heterocycles. The van der Waals surface area contributed by atoms with Crippen LogP contribution in [-0.4, -0.2) is 32.9 Å². The van der Waals surface area contributed by atoms with Gasteiger partial charge in [0.15, 0.2) is 0 Å². The van der Waals surface area contributed by atoms with Crippen LogP contribution in [0.4, 0.5) is 27.6 Å². The summed E-state index contributed by atoms with van der Waals surface area (Å²) in [4.78, 5) is -1.11. The maximum Gasteiger partial charge on any atom is 0.501 e. The van der Waals surface area contributed by atoms with Crippen molar-refractivity contribution in [2.75, 3.05) is 18.4 Å². The summed E-state index contributed by atoms with van der Waals surface area (Å²) in [5, 5.41) is 1.97. The summed E-state index contributed by atoms with van der Waals surface area (Å²) in [7, 11) is -5.62. The Hall–Kier alpha value is -1.42. The molecule has 10 heteroatoms. The Labute approximate surface area is 111 Å². The molecule has 0 aliphatic rings. The number of alkyl halides is 5. The first-order valence-electron chi connectivity index (χ1n) is 5.23. The van der Waals surface area contributed by atoms with E-state index in [1.54, 1.807) is 0 Å². The van der Waals surface area contributed by atoms with Crippen LogP contribution < -0.4 is 11.1 Å². The van der Waals surface area contributed by atoms with Crippen LogP contribution in [0.2, 0.25) is 0 Å². The molecule has 0 aliphatic heterocycles. The molecular weight excluding hydrogens is 307 g/mol. The van der Waals surface area contributed by atoms with Crippen LogP contribution in [0.5, 0.6) is 0 Å². The largest absolute Gasteiger partial charge is 0.501 e. The fourth-order valence-electron chi connectivity index (χ4n) is 1.27. The predicted octanol–water partition coefficient (Wildman–Crippen LogP) is 1.99. The minimum Gasteiger partial charge on any atom is -0.378 e. The number of hydrogen-bond acceptors (Lipinski definition) is 4. The molecule has 1 aromatic carbocycles. The third-order valence-corrected chi connectivity index (χ3v) is 3.86. The van der Waals surface area contributed by atoms with Gasteiger partial charge in [0, 0.05) is 0 Å². The Kier molecular flexibility index (Phi) is 4.59. The van der Waals surface area contributed by atoms with E-state index in [0.29, 0.717) is 6.07 Å². The number of benzene rings is 1. The zero-order chi connectivity index (χ0) is 15.6. The Balaban J connectivity index is 3.14. The molecule has 20 heavy (non-hydrogen) atoms. The quantitative estimate of drug-likeness (QED) is 0.815. The van der Waals surface area contributed by atoms with Gasteiger partial charge in [0.25, 0.3) is 15.8 Å². The van der Waals surface area contributed by atoms with E-state index in [0.717, 1.165) is 12.1 Å². The van der Waals surface area contributed by atoms with Gasteiger partial charge in [-0.25, -0.2) is 17.2 Å². The van der Waals surface area contributed by atoms with Crippen molar-refractivity contribution in [1.82, 2.24) is 0 Å². The van der Waals surface area contributed by atoms with Crippen LogP contribution in [0, 0.1) is 0 Å². The molecule has 0 aliphatic carbocycles. The molecule has 0 fully saturated rings. The molecule has 0 spiro atoms. The predicted molar refractivity (Wildman–Crippen MR) is 62.2 cm³/mol. The van der Waals surface area contributed by atoms with Gasteiger partial charge in [0.05, 0.1) is 23.7 Å². The molecule has 1 aromatic rings. The van der Waals surface area contributed by atoms with Crippen molar-refractivity contribution in [2.24, 2.45) is 5.73 Å². The summed E-state index contributed by atoms with van der Waals surface area (Å²) in [6.07, 6.45) is 0. The average molecular weight is 318 g/mol. The first kappa shape index (κ1) is 16.6. The highest BCUT2D eigenvalue weighted by Crippen LogP contribution is 2.34. The Morgan fingerprint density at radius 3 is 2.15 bits per heavy atom. The molecule has 0 radical (unpaired) electrons. The van der Waals surface area contributed by atoms with E-state index in [1.807, 2.05) is 5.32 Å². The van der Waals surface area contributed by atoms with Gasteiger partial charge < -0.3 is 11.1 Å². The van der Waals surface area contributed by atoms with Gasteiger partial charge in [0.2, 0.25) is 0 Å². The molecule has 0 aromatic heterocycles. The normalized spacial score (nSPS) is 13.3. The fraction of sp³-hybridized carbons (Fsp3) is 0.400. The number of sulfone groups is 1. The van der Waals surface area contributed by atoms with Crippen molar-refractivity contribution in [1.29, 1.82) is 0 Å². The van der Waals surface area contributed by atoms with Crippen molar-refractivity contribution < 1.29 is 30.4 Å². The fourth-order valence-corrected chi connectivity index (χ4v) is 2.21. The smallest absolute Gasteiger partial charge is 0.378 e. The zero-order valence-electron chi connectivity index (χ0n) is 9.92. The van der Waals surface area contributed by atoms with Crippen molar-refractivity contribution in [2.45, 2.75) is 16.3 Å². The van der Waals surface area contributed by atoms with Gasteiger partial charge in [-0.05, 0) is 12.1 Å². The van der Waals surface area contributed by atoms with Crippen molar-refractivity contribution >= 4 is 15.5 Å². The average Bonchev–Trinajstić information content (AvgIpc) is 2.35. The summed E-state index contributed by atoms with van der Waals surface area (Å²) < 4.78 is 85.8. The summed E-state index contributed by atoms with van der Waals surface area (Å²) >= 11 is 0. The maximum atomic E-state index is 12.9. The van der Waals surface area contributed by atoms with E-state index >= 15 is 0 Å². The Bertz CT molecular complexity index is 571. The molecular formula is C10H11F5N2O2S. The third-order valence-electron chi connectivity index (χ3n) is 2.32. The van der Waals surface area contributed by atoms with Crippen LogP contribution >= 0.6 is 0 Å². The monoisotopic (exact) mass is 318 g/mol. The van der Waals surface area contributed by atoms with Gasteiger partial charge in [-0.1, -0.05) is 12.1 Å². The first-order chi connectivity index (χ1) is 9.01. The van der Waals surface area contributed by atoms with Gasteiger partial charge in [-0.3, -0.25) is 0 Å². The molecule has 0 amide bonds. The lowest BCUT2D eigenvalue weighted by Gasteiger charge is -2.18. The number of halogens is 5. The molecule has 0 bridgehead atoms. The summed E-state index contributed by atoms with van der Waals surface area (Å²) in [6, 6.07) is 3.93. The maximum absolute atomic E-state index is 12.9. The number of nitrogens with one attached hydrogen (secondary N) is 1. The second kappa shape index (κ2) is 5.52. The standard InChI is InChI=1S/C10H11F5N2O2S/c11-9(12,5-16)6-17-7-3-1-2-4-8(7)20(18,19)10(13,14)15/h1-4,17H,5-6,16H2. The van der Waals surface area contributed by atoms with E-state index in [2.05, 4.69) is 0 Å². The van der Waals surface area contributed by atoms with Crippen LogP contribution in [0.3, 0.4) is 0 Å². The highest BCUT2D eigenvalue weighted by molar-refractivity contribution is 7.92. The summed E-state index contributed by atoms with van der Waals surface area (Å²) in [5.41, 5.74) is -1.29. The molecule has 0 unspecified atom stereocenters. The van der Waals surface area contributed by atoms with Crippen molar-refractivity contribution in [3.05, 3.63) is 24.3 Å². The third kappa shape index (κ3) is 3.57. The van der Waals surface area contributed by atoms with E-state index < -0.39 is 44.9 Å². The topological polar surface area (TPSA) is 72.2 Å². The number of anilines is 1. The molecule has 0 saturated heterocycles. The highest BCUT2D eigenvalue weighted by atomic mass is 32.2. The Morgan fingerprint density at radius 2 is 1.65 bits per heavy atom.